The number of anilines is 1. The number of benzene rings is 1. The lowest BCUT2D eigenvalue weighted by Crippen LogP contribution is -2.30. The van der Waals surface area contributed by atoms with Crippen LogP contribution in [-0.2, 0) is 14.3 Å². The van der Waals surface area contributed by atoms with E-state index >= 15 is 0 Å². The summed E-state index contributed by atoms with van der Waals surface area (Å²) >= 11 is 1.47. The van der Waals surface area contributed by atoms with Gasteiger partial charge in [0.1, 0.15) is 5.82 Å². The normalized spacial score (nSPS) is 11.8. The Morgan fingerprint density at radius 3 is 2.76 bits per heavy atom. The summed E-state index contributed by atoms with van der Waals surface area (Å²) in [5.41, 5.74) is 0.840. The second-order valence-corrected chi connectivity index (χ2v) is 5.74. The van der Waals surface area contributed by atoms with E-state index in [9.17, 15) is 14.0 Å². The SMILES string of the molecule is CCCSCC(=O)OC(C)C(=O)Nc1ccc(C)c(F)c1. The first kappa shape index (κ1) is 17.5. The number of carbonyl (C=O) groups is 2. The summed E-state index contributed by atoms with van der Waals surface area (Å²) in [6.45, 7) is 5.15. The van der Waals surface area contributed by atoms with E-state index in [1.807, 2.05) is 6.92 Å². The topological polar surface area (TPSA) is 55.4 Å². The van der Waals surface area contributed by atoms with Gasteiger partial charge in [-0.15, -0.1) is 0 Å². The highest BCUT2D eigenvalue weighted by Gasteiger charge is 2.18. The average Bonchev–Trinajstić information content (AvgIpc) is 2.43. The molecule has 21 heavy (non-hydrogen) atoms. The summed E-state index contributed by atoms with van der Waals surface area (Å²) in [6.07, 6.45) is 0.0663. The van der Waals surface area contributed by atoms with Crippen molar-refractivity contribution in [2.75, 3.05) is 16.8 Å². The minimum absolute atomic E-state index is 0.227. The maximum atomic E-state index is 13.4. The maximum Gasteiger partial charge on any atom is 0.316 e. The van der Waals surface area contributed by atoms with E-state index in [1.54, 1.807) is 19.1 Å². The van der Waals surface area contributed by atoms with Gasteiger partial charge in [-0.05, 0) is 43.7 Å². The van der Waals surface area contributed by atoms with Gasteiger partial charge in [0.25, 0.3) is 5.91 Å². The van der Waals surface area contributed by atoms with Crippen LogP contribution >= 0.6 is 11.8 Å². The number of aryl methyl sites for hydroxylation is 1. The van der Waals surface area contributed by atoms with Gasteiger partial charge in [-0.3, -0.25) is 9.59 Å². The van der Waals surface area contributed by atoms with Crippen molar-refractivity contribution in [3.05, 3.63) is 29.6 Å². The largest absolute Gasteiger partial charge is 0.452 e. The molecule has 0 radical (unpaired) electrons. The van der Waals surface area contributed by atoms with E-state index in [0.717, 1.165) is 12.2 Å². The Labute approximate surface area is 128 Å². The summed E-state index contributed by atoms with van der Waals surface area (Å²) < 4.78 is 18.4. The number of amides is 1. The van der Waals surface area contributed by atoms with E-state index in [4.69, 9.17) is 4.74 Å². The Hall–Kier alpha value is -1.56. The molecule has 0 aliphatic rings. The van der Waals surface area contributed by atoms with Crippen molar-refractivity contribution in [1.82, 2.24) is 0 Å². The van der Waals surface area contributed by atoms with Crippen molar-refractivity contribution < 1.29 is 18.7 Å². The molecule has 0 saturated carbocycles. The molecule has 6 heteroatoms. The van der Waals surface area contributed by atoms with Crippen LogP contribution in [0.3, 0.4) is 0 Å². The Bertz CT molecular complexity index is 508. The number of carbonyl (C=O) groups excluding carboxylic acids is 2. The van der Waals surface area contributed by atoms with Gasteiger partial charge in [-0.2, -0.15) is 11.8 Å². The number of esters is 1. The predicted octanol–water partition coefficient (Wildman–Crippen LogP) is 3.15. The highest BCUT2D eigenvalue weighted by atomic mass is 32.2. The second kappa shape index (κ2) is 8.67. The second-order valence-electron chi connectivity index (χ2n) is 4.64. The first-order valence-electron chi connectivity index (χ1n) is 6.78. The molecule has 0 aliphatic carbocycles. The van der Waals surface area contributed by atoms with Crippen LogP contribution in [0.1, 0.15) is 25.8 Å². The molecule has 0 saturated heterocycles. The van der Waals surface area contributed by atoms with Gasteiger partial charge >= 0.3 is 5.97 Å². The molecule has 0 spiro atoms. The van der Waals surface area contributed by atoms with E-state index in [0.29, 0.717) is 11.3 Å². The van der Waals surface area contributed by atoms with E-state index in [-0.39, 0.29) is 5.75 Å². The Morgan fingerprint density at radius 1 is 1.43 bits per heavy atom. The fraction of sp³-hybridized carbons (Fsp3) is 0.467. The van der Waals surface area contributed by atoms with Crippen LogP contribution in [0.2, 0.25) is 0 Å². The van der Waals surface area contributed by atoms with E-state index < -0.39 is 23.8 Å². The lowest BCUT2D eigenvalue weighted by Gasteiger charge is -2.13. The monoisotopic (exact) mass is 313 g/mol. The van der Waals surface area contributed by atoms with Crippen LogP contribution in [0.5, 0.6) is 0 Å². The molecule has 1 N–H and O–H groups in total. The highest BCUT2D eigenvalue weighted by molar-refractivity contribution is 7.99. The molecule has 1 unspecified atom stereocenters. The summed E-state index contributed by atoms with van der Waals surface area (Å²) in [7, 11) is 0. The Kier molecular flexibility index (Phi) is 7.22. The van der Waals surface area contributed by atoms with Crippen molar-refractivity contribution in [2.24, 2.45) is 0 Å². The molecule has 0 heterocycles. The van der Waals surface area contributed by atoms with Gasteiger partial charge < -0.3 is 10.1 Å². The standard InChI is InChI=1S/C15H20FNO3S/c1-4-7-21-9-14(18)20-11(3)15(19)17-12-6-5-10(2)13(16)8-12/h5-6,8,11H,4,7,9H2,1-3H3,(H,17,19). The molecule has 1 rings (SSSR count). The molecule has 1 aromatic rings. The number of ether oxygens (including phenoxy) is 1. The summed E-state index contributed by atoms with van der Waals surface area (Å²) in [5, 5.41) is 2.52. The van der Waals surface area contributed by atoms with Crippen LogP contribution in [0.25, 0.3) is 0 Å². The van der Waals surface area contributed by atoms with Crippen LogP contribution in [0.4, 0.5) is 10.1 Å². The average molecular weight is 313 g/mol. The quantitative estimate of drug-likeness (QED) is 0.620. The first-order valence-corrected chi connectivity index (χ1v) is 7.93. The van der Waals surface area contributed by atoms with Gasteiger partial charge in [0.05, 0.1) is 5.75 Å². The van der Waals surface area contributed by atoms with Crippen LogP contribution < -0.4 is 5.32 Å². The number of halogens is 1. The fourth-order valence-electron chi connectivity index (χ4n) is 1.50. The number of hydrogen-bond acceptors (Lipinski definition) is 4. The maximum absolute atomic E-state index is 13.4. The molecule has 0 aliphatic heterocycles. The smallest absolute Gasteiger partial charge is 0.316 e. The minimum Gasteiger partial charge on any atom is -0.452 e. The predicted molar refractivity (Wildman–Crippen MR) is 82.9 cm³/mol. The number of hydrogen-bond donors (Lipinski definition) is 1. The van der Waals surface area contributed by atoms with Crippen molar-refractivity contribution >= 4 is 29.3 Å². The molecular formula is C15H20FNO3S. The van der Waals surface area contributed by atoms with Gasteiger partial charge in [0.2, 0.25) is 0 Å². The van der Waals surface area contributed by atoms with Crippen LogP contribution in [0, 0.1) is 12.7 Å². The molecule has 1 amide bonds. The fourth-order valence-corrected chi connectivity index (χ4v) is 2.17. The molecule has 1 aromatic carbocycles. The molecule has 116 valence electrons. The van der Waals surface area contributed by atoms with Gasteiger partial charge in [0, 0.05) is 5.69 Å². The van der Waals surface area contributed by atoms with Crippen molar-refractivity contribution in [1.29, 1.82) is 0 Å². The summed E-state index contributed by atoms with van der Waals surface area (Å²) in [6, 6.07) is 4.41. The highest BCUT2D eigenvalue weighted by Crippen LogP contribution is 2.14. The molecule has 1 atom stereocenters. The summed E-state index contributed by atoms with van der Waals surface area (Å²) in [5.74, 6) is -0.199. The third-order valence-corrected chi connectivity index (χ3v) is 3.82. The Morgan fingerprint density at radius 2 is 2.14 bits per heavy atom. The third kappa shape index (κ3) is 6.16. The van der Waals surface area contributed by atoms with Crippen LogP contribution in [-0.4, -0.2) is 29.5 Å². The van der Waals surface area contributed by atoms with Gasteiger partial charge in [-0.25, -0.2) is 4.39 Å². The van der Waals surface area contributed by atoms with Gasteiger partial charge in [0.15, 0.2) is 6.10 Å². The number of thioether (sulfide) groups is 1. The molecule has 0 fully saturated rings. The lowest BCUT2D eigenvalue weighted by atomic mass is 10.2. The summed E-state index contributed by atoms with van der Waals surface area (Å²) in [4.78, 5) is 23.4. The third-order valence-electron chi connectivity index (χ3n) is 2.69. The number of nitrogens with one attached hydrogen (secondary N) is 1. The van der Waals surface area contributed by atoms with E-state index in [2.05, 4.69) is 5.32 Å². The zero-order chi connectivity index (χ0) is 15.8. The molecule has 0 aromatic heterocycles. The zero-order valence-corrected chi connectivity index (χ0v) is 13.3. The molecule has 4 nitrogen and oxygen atoms in total. The van der Waals surface area contributed by atoms with E-state index in [1.165, 1.54) is 24.8 Å². The van der Waals surface area contributed by atoms with Crippen LogP contribution in [0.15, 0.2) is 18.2 Å². The molecular weight excluding hydrogens is 293 g/mol. The first-order chi connectivity index (χ1) is 9.93. The van der Waals surface area contributed by atoms with Crippen molar-refractivity contribution in [3.63, 3.8) is 0 Å². The molecule has 0 bridgehead atoms. The number of rotatable bonds is 7. The van der Waals surface area contributed by atoms with Crippen molar-refractivity contribution in [3.8, 4) is 0 Å². The van der Waals surface area contributed by atoms with Gasteiger partial charge in [-0.1, -0.05) is 13.0 Å². The van der Waals surface area contributed by atoms with Crippen molar-refractivity contribution in [2.45, 2.75) is 33.3 Å². The Balaban J connectivity index is 2.46. The zero-order valence-electron chi connectivity index (χ0n) is 12.4. The minimum atomic E-state index is -0.913. The lowest BCUT2D eigenvalue weighted by molar-refractivity contribution is -0.150.